The van der Waals surface area contributed by atoms with Gasteiger partial charge in [-0.25, -0.2) is 0 Å². The zero-order valence-electron chi connectivity index (χ0n) is 7.24. The molecule has 2 aliphatic heterocycles. The molecule has 2 saturated heterocycles. The van der Waals surface area contributed by atoms with Gasteiger partial charge in [0.2, 0.25) is 0 Å². The van der Waals surface area contributed by atoms with E-state index in [2.05, 4.69) is 4.90 Å². The van der Waals surface area contributed by atoms with Crippen molar-refractivity contribution in [3.8, 4) is 0 Å². The second kappa shape index (κ2) is 3.70. The average molecular weight is 172 g/mol. The summed E-state index contributed by atoms with van der Waals surface area (Å²) >= 11 is 0. The molecule has 2 fully saturated rings. The molecule has 2 rings (SSSR count). The summed E-state index contributed by atoms with van der Waals surface area (Å²) in [7, 11) is 0. The quantitative estimate of drug-likeness (QED) is 0.553. The summed E-state index contributed by atoms with van der Waals surface area (Å²) in [4.78, 5) is 2.38. The van der Waals surface area contributed by atoms with Crippen LogP contribution in [0.3, 0.4) is 0 Å². The van der Waals surface area contributed by atoms with Gasteiger partial charge < -0.3 is 15.2 Å². The van der Waals surface area contributed by atoms with Gasteiger partial charge in [0.1, 0.15) is 0 Å². The highest BCUT2D eigenvalue weighted by atomic mass is 16.5. The largest absolute Gasteiger partial charge is 0.379 e. The van der Waals surface area contributed by atoms with Crippen molar-refractivity contribution in [2.24, 2.45) is 5.73 Å². The van der Waals surface area contributed by atoms with Crippen LogP contribution in [0.25, 0.3) is 0 Å². The van der Waals surface area contributed by atoms with Crippen LogP contribution in [0.5, 0.6) is 0 Å². The Labute approximate surface area is 72.6 Å². The summed E-state index contributed by atoms with van der Waals surface area (Å²) < 4.78 is 10.6. The molecule has 0 aliphatic carbocycles. The van der Waals surface area contributed by atoms with Gasteiger partial charge in [-0.2, -0.15) is 0 Å². The zero-order valence-corrected chi connectivity index (χ0v) is 7.24. The third kappa shape index (κ3) is 1.61. The van der Waals surface area contributed by atoms with Crippen LogP contribution >= 0.6 is 0 Å². The fourth-order valence-corrected chi connectivity index (χ4v) is 1.84. The maximum atomic E-state index is 5.90. The molecule has 0 aromatic heterocycles. The fraction of sp³-hybridized carbons (Fsp3) is 1.00. The Morgan fingerprint density at radius 3 is 2.42 bits per heavy atom. The Bertz CT molecular complexity index is 148. The van der Waals surface area contributed by atoms with Crippen LogP contribution in [0.1, 0.15) is 0 Å². The summed E-state index contributed by atoms with van der Waals surface area (Å²) in [5.74, 6) is 0. The smallest absolute Gasteiger partial charge is 0.0638 e. The van der Waals surface area contributed by atoms with Crippen molar-refractivity contribution in [2.45, 2.75) is 12.1 Å². The molecule has 0 bridgehead atoms. The summed E-state index contributed by atoms with van der Waals surface area (Å²) in [5.41, 5.74) is 5.90. The van der Waals surface area contributed by atoms with Crippen molar-refractivity contribution < 1.29 is 9.47 Å². The number of nitrogens with zero attached hydrogens (tertiary/aromatic N) is 1. The molecule has 2 N–H and O–H groups in total. The Hall–Kier alpha value is -0.160. The van der Waals surface area contributed by atoms with Gasteiger partial charge in [-0.1, -0.05) is 0 Å². The SMILES string of the molecule is NC1COCC1N1CCOCC1. The first-order chi connectivity index (χ1) is 5.88. The van der Waals surface area contributed by atoms with Crippen LogP contribution < -0.4 is 5.73 Å². The first-order valence-corrected chi connectivity index (χ1v) is 4.53. The van der Waals surface area contributed by atoms with Crippen molar-refractivity contribution in [1.82, 2.24) is 4.90 Å². The van der Waals surface area contributed by atoms with Crippen molar-refractivity contribution in [1.29, 1.82) is 0 Å². The van der Waals surface area contributed by atoms with E-state index in [9.17, 15) is 0 Å². The third-order valence-electron chi connectivity index (χ3n) is 2.61. The Morgan fingerprint density at radius 2 is 1.83 bits per heavy atom. The fourth-order valence-electron chi connectivity index (χ4n) is 1.84. The van der Waals surface area contributed by atoms with Gasteiger partial charge in [-0.15, -0.1) is 0 Å². The number of morpholine rings is 1. The van der Waals surface area contributed by atoms with Crippen LogP contribution in [0.4, 0.5) is 0 Å². The lowest BCUT2D eigenvalue weighted by Crippen LogP contribution is -2.51. The van der Waals surface area contributed by atoms with E-state index in [0.29, 0.717) is 12.6 Å². The molecule has 0 radical (unpaired) electrons. The van der Waals surface area contributed by atoms with Crippen LogP contribution in [0.2, 0.25) is 0 Å². The lowest BCUT2D eigenvalue weighted by molar-refractivity contribution is 0.0123. The molecule has 2 aliphatic rings. The summed E-state index contributed by atoms with van der Waals surface area (Å²) in [5, 5.41) is 0. The van der Waals surface area contributed by atoms with E-state index in [-0.39, 0.29) is 6.04 Å². The molecule has 2 heterocycles. The van der Waals surface area contributed by atoms with Crippen molar-refractivity contribution in [2.75, 3.05) is 39.5 Å². The van der Waals surface area contributed by atoms with E-state index < -0.39 is 0 Å². The molecule has 2 atom stereocenters. The summed E-state index contributed by atoms with van der Waals surface area (Å²) in [6, 6.07) is 0.622. The average Bonchev–Trinajstić information content (AvgIpc) is 2.53. The topological polar surface area (TPSA) is 47.7 Å². The number of hydrogen-bond donors (Lipinski definition) is 1. The highest BCUT2D eigenvalue weighted by Crippen LogP contribution is 2.12. The number of rotatable bonds is 1. The zero-order chi connectivity index (χ0) is 8.39. The van der Waals surface area contributed by atoms with Crippen LogP contribution in [-0.4, -0.2) is 56.5 Å². The van der Waals surface area contributed by atoms with Gasteiger partial charge in [-0.05, 0) is 0 Å². The number of hydrogen-bond acceptors (Lipinski definition) is 4. The molecule has 0 aromatic carbocycles. The molecule has 4 heteroatoms. The highest BCUT2D eigenvalue weighted by molar-refractivity contribution is 4.87. The van der Waals surface area contributed by atoms with Crippen molar-refractivity contribution in [3.63, 3.8) is 0 Å². The minimum Gasteiger partial charge on any atom is -0.379 e. The van der Waals surface area contributed by atoms with Gasteiger partial charge in [0, 0.05) is 19.1 Å². The second-order valence-electron chi connectivity index (χ2n) is 3.42. The highest BCUT2D eigenvalue weighted by Gasteiger charge is 2.30. The maximum absolute atomic E-state index is 5.90. The van der Waals surface area contributed by atoms with Crippen molar-refractivity contribution >= 4 is 0 Å². The summed E-state index contributed by atoms with van der Waals surface area (Å²) in [6.07, 6.45) is 0. The van der Waals surface area contributed by atoms with E-state index in [0.717, 1.165) is 32.9 Å². The van der Waals surface area contributed by atoms with E-state index >= 15 is 0 Å². The molecular weight excluding hydrogens is 156 g/mol. The Morgan fingerprint density at radius 1 is 1.08 bits per heavy atom. The van der Waals surface area contributed by atoms with E-state index in [1.54, 1.807) is 0 Å². The molecule has 0 aromatic rings. The first kappa shape index (κ1) is 8.44. The Kier molecular flexibility index (Phi) is 2.60. The van der Waals surface area contributed by atoms with Crippen molar-refractivity contribution in [3.05, 3.63) is 0 Å². The van der Waals surface area contributed by atoms with E-state index in [1.165, 1.54) is 0 Å². The standard InChI is InChI=1S/C8H16N2O2/c9-7-5-12-6-8(7)10-1-3-11-4-2-10/h7-8H,1-6,9H2. The molecule has 70 valence electrons. The van der Waals surface area contributed by atoms with Crippen LogP contribution in [0.15, 0.2) is 0 Å². The molecule has 4 nitrogen and oxygen atoms in total. The first-order valence-electron chi connectivity index (χ1n) is 4.53. The molecule has 0 amide bonds. The molecule has 12 heavy (non-hydrogen) atoms. The van der Waals surface area contributed by atoms with Crippen LogP contribution in [0, 0.1) is 0 Å². The second-order valence-corrected chi connectivity index (χ2v) is 3.42. The van der Waals surface area contributed by atoms with Gasteiger partial charge in [-0.3, -0.25) is 4.90 Å². The normalized spacial score (nSPS) is 38.8. The minimum atomic E-state index is 0.197. The Balaban J connectivity index is 1.89. The minimum absolute atomic E-state index is 0.197. The molecule has 0 saturated carbocycles. The predicted octanol–water partition coefficient (Wildman–Crippen LogP) is -0.955. The maximum Gasteiger partial charge on any atom is 0.0638 e. The number of nitrogens with two attached hydrogens (primary N) is 1. The molecule has 2 unspecified atom stereocenters. The third-order valence-corrected chi connectivity index (χ3v) is 2.61. The molecular formula is C8H16N2O2. The van der Waals surface area contributed by atoms with Gasteiger partial charge >= 0.3 is 0 Å². The summed E-state index contributed by atoms with van der Waals surface area (Å²) in [6.45, 7) is 5.18. The molecule has 0 spiro atoms. The lowest BCUT2D eigenvalue weighted by Gasteiger charge is -2.33. The van der Waals surface area contributed by atoms with Gasteiger partial charge in [0.05, 0.1) is 32.5 Å². The predicted molar refractivity (Wildman–Crippen MR) is 45.0 cm³/mol. The van der Waals surface area contributed by atoms with E-state index in [1.807, 2.05) is 0 Å². The van der Waals surface area contributed by atoms with Crippen LogP contribution in [-0.2, 0) is 9.47 Å². The number of ether oxygens (including phenoxy) is 2. The lowest BCUT2D eigenvalue weighted by atomic mass is 10.1. The van der Waals surface area contributed by atoms with Gasteiger partial charge in [0.15, 0.2) is 0 Å². The van der Waals surface area contributed by atoms with E-state index in [4.69, 9.17) is 15.2 Å². The monoisotopic (exact) mass is 172 g/mol. The van der Waals surface area contributed by atoms with Gasteiger partial charge in [0.25, 0.3) is 0 Å².